The number of fused-ring (bicyclic) bond motifs is 1. The van der Waals surface area contributed by atoms with Gasteiger partial charge in [0.15, 0.2) is 11.4 Å². The Morgan fingerprint density at radius 3 is 2.76 bits per heavy atom. The summed E-state index contributed by atoms with van der Waals surface area (Å²) in [5.74, 6) is -0.604. The van der Waals surface area contributed by atoms with Crippen molar-refractivity contribution >= 4 is 32.8 Å². The summed E-state index contributed by atoms with van der Waals surface area (Å²) in [5.41, 5.74) is 0.471. The number of sulfonamides is 1. The van der Waals surface area contributed by atoms with Gasteiger partial charge in [0, 0.05) is 12.1 Å². The second-order valence-electron chi connectivity index (χ2n) is 5.33. The predicted octanol–water partition coefficient (Wildman–Crippen LogP) is 0.723. The van der Waals surface area contributed by atoms with Gasteiger partial charge in [-0.2, -0.15) is 4.72 Å². The number of amides is 1. The third kappa shape index (κ3) is 3.61. The Kier molecular flexibility index (Phi) is 4.18. The van der Waals surface area contributed by atoms with E-state index in [1.54, 1.807) is 6.92 Å². The fourth-order valence-electron chi connectivity index (χ4n) is 2.11. The largest absolute Gasteiger partial charge is 0.417 e. The van der Waals surface area contributed by atoms with Crippen LogP contribution in [0.4, 0.5) is 5.82 Å². The van der Waals surface area contributed by atoms with Gasteiger partial charge >= 0.3 is 5.76 Å². The minimum Gasteiger partial charge on any atom is -0.408 e. The van der Waals surface area contributed by atoms with Crippen LogP contribution in [0.15, 0.2) is 42.9 Å². The Morgan fingerprint density at radius 1 is 1.32 bits per heavy atom. The maximum atomic E-state index is 12.4. The second-order valence-corrected chi connectivity index (χ2v) is 7.04. The lowest BCUT2D eigenvalue weighted by molar-refractivity contribution is -0.117. The van der Waals surface area contributed by atoms with Gasteiger partial charge in [-0.15, -0.1) is 0 Å². The molecule has 0 saturated carbocycles. The van der Waals surface area contributed by atoms with Gasteiger partial charge in [-0.3, -0.25) is 9.78 Å². The highest BCUT2D eigenvalue weighted by Crippen LogP contribution is 2.17. The number of oxazole rings is 1. The molecule has 0 unspecified atom stereocenters. The number of rotatable bonds is 5. The summed E-state index contributed by atoms with van der Waals surface area (Å²) >= 11 is 0. The van der Waals surface area contributed by atoms with Crippen LogP contribution in [0.25, 0.3) is 11.1 Å². The molecule has 11 heteroatoms. The van der Waals surface area contributed by atoms with E-state index in [1.807, 2.05) is 0 Å². The maximum absolute atomic E-state index is 12.4. The second kappa shape index (κ2) is 6.18. The van der Waals surface area contributed by atoms with Crippen LogP contribution in [0.2, 0.25) is 0 Å². The first-order valence-corrected chi connectivity index (χ1v) is 8.62. The highest BCUT2D eigenvalue weighted by Gasteiger charge is 2.23. The molecule has 2 aromatic heterocycles. The van der Waals surface area contributed by atoms with Gasteiger partial charge in [0.05, 0.1) is 16.5 Å². The van der Waals surface area contributed by atoms with Gasteiger partial charge < -0.3 is 14.3 Å². The summed E-state index contributed by atoms with van der Waals surface area (Å²) in [6, 6.07) is 4.32. The van der Waals surface area contributed by atoms with Gasteiger partial charge in [-0.1, -0.05) is 5.16 Å². The zero-order valence-corrected chi connectivity index (χ0v) is 14.0. The summed E-state index contributed by atoms with van der Waals surface area (Å²) in [5, 5.41) is 6.03. The van der Waals surface area contributed by atoms with Crippen LogP contribution in [-0.2, 0) is 14.8 Å². The van der Waals surface area contributed by atoms with E-state index in [0.717, 1.165) is 0 Å². The van der Waals surface area contributed by atoms with Gasteiger partial charge in [-0.25, -0.2) is 13.2 Å². The first-order chi connectivity index (χ1) is 11.7. The summed E-state index contributed by atoms with van der Waals surface area (Å²) in [7, 11) is -4.00. The average molecular weight is 366 g/mol. The molecule has 2 heterocycles. The summed E-state index contributed by atoms with van der Waals surface area (Å²) in [4.78, 5) is 25.5. The van der Waals surface area contributed by atoms with Crippen LogP contribution < -0.4 is 15.8 Å². The van der Waals surface area contributed by atoms with E-state index in [1.165, 1.54) is 31.2 Å². The van der Waals surface area contributed by atoms with Crippen molar-refractivity contribution in [3.63, 3.8) is 0 Å². The molecule has 132 valence electrons. The van der Waals surface area contributed by atoms with Gasteiger partial charge in [-0.05, 0) is 26.0 Å². The number of carbonyl (C=O) groups excluding carboxylic acids is 1. The molecule has 0 fully saturated rings. The quantitative estimate of drug-likeness (QED) is 0.603. The first-order valence-electron chi connectivity index (χ1n) is 7.14. The molecule has 25 heavy (non-hydrogen) atoms. The monoisotopic (exact) mass is 366 g/mol. The Balaban J connectivity index is 1.76. The topological polar surface area (TPSA) is 147 Å². The van der Waals surface area contributed by atoms with Crippen molar-refractivity contribution < 1.29 is 22.2 Å². The van der Waals surface area contributed by atoms with Crippen LogP contribution in [0.3, 0.4) is 0 Å². The lowest BCUT2D eigenvalue weighted by Crippen LogP contribution is -2.41. The van der Waals surface area contributed by atoms with Crippen LogP contribution in [0.5, 0.6) is 0 Å². The van der Waals surface area contributed by atoms with Crippen molar-refractivity contribution in [2.24, 2.45) is 0 Å². The van der Waals surface area contributed by atoms with Crippen molar-refractivity contribution in [3.8, 4) is 0 Å². The molecule has 10 nitrogen and oxygen atoms in total. The molecule has 0 radical (unpaired) electrons. The third-order valence-corrected chi connectivity index (χ3v) is 4.85. The molecular weight excluding hydrogens is 352 g/mol. The Labute approximate surface area is 141 Å². The highest BCUT2D eigenvalue weighted by molar-refractivity contribution is 7.89. The van der Waals surface area contributed by atoms with E-state index in [0.29, 0.717) is 11.3 Å². The molecule has 0 aliphatic heterocycles. The standard InChI is InChI=1S/C14H14N4O6S/c1-7-5-12(17-24-7)16-13(19)8(2)18-25(21,22)9-3-4-10-11(6-9)23-14(20)15-10/h3-6,8,18H,1-2H3,(H,15,20)(H,16,17,19)/t8-/m0/s1. The molecule has 0 saturated heterocycles. The number of benzene rings is 1. The number of carbonyl (C=O) groups is 1. The molecule has 1 amide bonds. The molecule has 3 N–H and O–H groups in total. The number of aryl methyl sites for hydroxylation is 1. The van der Waals surface area contributed by atoms with Crippen LogP contribution in [0, 0.1) is 6.92 Å². The van der Waals surface area contributed by atoms with E-state index in [4.69, 9.17) is 8.94 Å². The lowest BCUT2D eigenvalue weighted by Gasteiger charge is -2.13. The Bertz CT molecular complexity index is 1090. The Morgan fingerprint density at radius 2 is 2.08 bits per heavy atom. The van der Waals surface area contributed by atoms with Gasteiger partial charge in [0.1, 0.15) is 5.76 Å². The van der Waals surface area contributed by atoms with Crippen molar-refractivity contribution in [3.05, 3.63) is 40.6 Å². The van der Waals surface area contributed by atoms with E-state index >= 15 is 0 Å². The first kappa shape index (κ1) is 16.9. The molecule has 3 rings (SSSR count). The van der Waals surface area contributed by atoms with Crippen molar-refractivity contribution in [2.45, 2.75) is 24.8 Å². The zero-order chi connectivity index (χ0) is 18.2. The minimum atomic E-state index is -4.00. The highest BCUT2D eigenvalue weighted by atomic mass is 32.2. The molecule has 1 atom stereocenters. The maximum Gasteiger partial charge on any atom is 0.417 e. The normalized spacial score (nSPS) is 13.0. The number of aromatic nitrogens is 2. The van der Waals surface area contributed by atoms with E-state index in [-0.39, 0.29) is 16.3 Å². The van der Waals surface area contributed by atoms with Crippen molar-refractivity contribution in [1.29, 1.82) is 0 Å². The third-order valence-electron chi connectivity index (χ3n) is 3.31. The molecule has 0 bridgehead atoms. The number of nitrogens with one attached hydrogen (secondary N) is 3. The van der Waals surface area contributed by atoms with Gasteiger partial charge in [0.2, 0.25) is 15.9 Å². The lowest BCUT2D eigenvalue weighted by atomic mass is 10.3. The fourth-order valence-corrected chi connectivity index (χ4v) is 3.32. The number of hydrogen-bond acceptors (Lipinski definition) is 7. The van der Waals surface area contributed by atoms with E-state index in [2.05, 4.69) is 20.2 Å². The smallest absolute Gasteiger partial charge is 0.408 e. The molecule has 1 aromatic carbocycles. The van der Waals surface area contributed by atoms with Crippen molar-refractivity contribution in [2.75, 3.05) is 5.32 Å². The number of nitrogens with zero attached hydrogens (tertiary/aromatic N) is 1. The summed E-state index contributed by atoms with van der Waals surface area (Å²) in [6.07, 6.45) is 0. The molecule has 0 aliphatic carbocycles. The van der Waals surface area contributed by atoms with Crippen LogP contribution in [-0.4, -0.2) is 30.5 Å². The Hall–Kier alpha value is -2.92. The van der Waals surface area contributed by atoms with E-state index < -0.39 is 27.7 Å². The SMILES string of the molecule is Cc1cc(NC(=O)[C@H](C)NS(=O)(=O)c2ccc3[nH]c(=O)oc3c2)no1. The van der Waals surface area contributed by atoms with E-state index in [9.17, 15) is 18.0 Å². The molecular formula is C14H14N4O6S. The number of anilines is 1. The number of aromatic amines is 1. The summed E-state index contributed by atoms with van der Waals surface area (Å²) < 4.78 is 36.7. The minimum absolute atomic E-state index is 0.100. The van der Waals surface area contributed by atoms with Crippen LogP contribution >= 0.6 is 0 Å². The molecule has 0 aliphatic rings. The summed E-state index contributed by atoms with van der Waals surface area (Å²) in [6.45, 7) is 3.04. The zero-order valence-electron chi connectivity index (χ0n) is 13.2. The predicted molar refractivity (Wildman–Crippen MR) is 86.5 cm³/mol. The molecule has 3 aromatic rings. The number of H-pyrrole nitrogens is 1. The number of hydrogen-bond donors (Lipinski definition) is 3. The van der Waals surface area contributed by atoms with Crippen molar-refractivity contribution in [1.82, 2.24) is 14.9 Å². The van der Waals surface area contributed by atoms with Gasteiger partial charge in [0.25, 0.3) is 0 Å². The van der Waals surface area contributed by atoms with Crippen LogP contribution in [0.1, 0.15) is 12.7 Å². The average Bonchev–Trinajstić information content (AvgIpc) is 3.10. The molecule has 0 spiro atoms. The fraction of sp³-hybridized carbons (Fsp3) is 0.214.